The lowest BCUT2D eigenvalue weighted by Gasteiger charge is -2.24. The van der Waals surface area contributed by atoms with Gasteiger partial charge in [-0.05, 0) is 46.8 Å². The van der Waals surface area contributed by atoms with Crippen molar-refractivity contribution in [2.75, 3.05) is 31.8 Å². The number of alkyl carbamates (subject to hydrolysis) is 1. The van der Waals surface area contributed by atoms with E-state index in [9.17, 15) is 9.59 Å². The van der Waals surface area contributed by atoms with Gasteiger partial charge in [-0.25, -0.2) is 4.79 Å². The number of rotatable bonds is 4. The second kappa shape index (κ2) is 8.66. The van der Waals surface area contributed by atoms with Crippen molar-refractivity contribution in [2.24, 2.45) is 0 Å². The Hall–Kier alpha value is -2.56. The number of benzene rings is 1. The molecular formula is C23H32N2O8. The number of hydrogen-bond donors (Lipinski definition) is 1. The number of fused-ring (bicyclic) bond motifs is 2. The van der Waals surface area contributed by atoms with Gasteiger partial charge in [0.05, 0.1) is 12.3 Å². The molecule has 2 saturated heterocycles. The number of nitrogens with zero attached hydrogens (tertiary/aromatic N) is 1. The van der Waals surface area contributed by atoms with Gasteiger partial charge in [-0.1, -0.05) is 0 Å². The third-order valence-electron chi connectivity index (χ3n) is 5.49. The first-order chi connectivity index (χ1) is 15.4. The van der Waals surface area contributed by atoms with Crippen LogP contribution < -0.4 is 19.7 Å². The molecule has 0 aromatic heterocycles. The minimum absolute atomic E-state index is 0.0122. The van der Waals surface area contributed by atoms with Gasteiger partial charge in [-0.2, -0.15) is 0 Å². The Kier molecular flexibility index (Phi) is 6.19. The largest absolute Gasteiger partial charge is 0.491 e. The molecule has 0 radical (unpaired) electrons. The molecule has 0 aliphatic carbocycles. The summed E-state index contributed by atoms with van der Waals surface area (Å²) in [6.07, 6.45) is -1.22. The number of anilines is 1. The molecule has 0 spiro atoms. The summed E-state index contributed by atoms with van der Waals surface area (Å²) in [4.78, 5) is 26.5. The average Bonchev–Trinajstić information content (AvgIpc) is 3.18. The second-order valence-corrected chi connectivity index (χ2v) is 9.86. The lowest BCUT2D eigenvalue weighted by Crippen LogP contribution is -2.50. The molecule has 0 saturated carbocycles. The molecule has 3 aliphatic rings. The number of likely N-dealkylation sites (N-methyl/N-ethyl adjacent to an activating group) is 1. The second-order valence-electron chi connectivity index (χ2n) is 9.86. The predicted molar refractivity (Wildman–Crippen MR) is 118 cm³/mol. The highest BCUT2D eigenvalue weighted by Crippen LogP contribution is 2.37. The van der Waals surface area contributed by atoms with Gasteiger partial charge in [0, 0.05) is 13.1 Å². The Morgan fingerprint density at radius 3 is 2.73 bits per heavy atom. The van der Waals surface area contributed by atoms with Gasteiger partial charge in [-0.15, -0.1) is 0 Å². The molecule has 10 heteroatoms. The number of ether oxygens (including phenoxy) is 6. The fourth-order valence-electron chi connectivity index (χ4n) is 4.06. The lowest BCUT2D eigenvalue weighted by molar-refractivity contribution is -0.177. The maximum Gasteiger partial charge on any atom is 0.408 e. The average molecular weight is 465 g/mol. The highest BCUT2D eigenvalue weighted by molar-refractivity contribution is 6.00. The topological polar surface area (TPSA) is 105 Å². The highest BCUT2D eigenvalue weighted by atomic mass is 16.8. The van der Waals surface area contributed by atoms with Crippen molar-refractivity contribution in [1.82, 2.24) is 5.32 Å². The monoisotopic (exact) mass is 464 g/mol. The molecule has 1 aromatic rings. The van der Waals surface area contributed by atoms with Gasteiger partial charge in [0.15, 0.2) is 5.79 Å². The Bertz CT molecular complexity index is 912. The van der Waals surface area contributed by atoms with Crippen LogP contribution >= 0.6 is 0 Å². The van der Waals surface area contributed by atoms with E-state index < -0.39 is 23.5 Å². The summed E-state index contributed by atoms with van der Waals surface area (Å²) >= 11 is 0. The summed E-state index contributed by atoms with van der Waals surface area (Å²) in [6, 6.07) is 4.35. The molecule has 33 heavy (non-hydrogen) atoms. The molecular weight excluding hydrogens is 432 g/mol. The molecule has 182 valence electrons. The van der Waals surface area contributed by atoms with Crippen LogP contribution in [-0.4, -0.2) is 74.6 Å². The van der Waals surface area contributed by atoms with Crippen molar-refractivity contribution in [3.8, 4) is 11.5 Å². The zero-order valence-corrected chi connectivity index (χ0v) is 19.9. The van der Waals surface area contributed by atoms with E-state index in [1.807, 2.05) is 13.8 Å². The van der Waals surface area contributed by atoms with E-state index in [0.717, 1.165) is 0 Å². The van der Waals surface area contributed by atoms with E-state index >= 15 is 0 Å². The van der Waals surface area contributed by atoms with E-state index in [2.05, 4.69) is 5.32 Å². The third-order valence-corrected chi connectivity index (χ3v) is 5.49. The molecule has 2 fully saturated rings. The van der Waals surface area contributed by atoms with Crippen molar-refractivity contribution in [1.29, 1.82) is 0 Å². The van der Waals surface area contributed by atoms with Gasteiger partial charge >= 0.3 is 6.09 Å². The first-order valence-corrected chi connectivity index (χ1v) is 11.1. The van der Waals surface area contributed by atoms with E-state index in [-0.39, 0.29) is 37.4 Å². The summed E-state index contributed by atoms with van der Waals surface area (Å²) in [5, 5.41) is 2.58. The predicted octanol–water partition coefficient (Wildman–Crippen LogP) is 2.23. The van der Waals surface area contributed by atoms with Crippen molar-refractivity contribution >= 4 is 17.7 Å². The van der Waals surface area contributed by atoms with Crippen LogP contribution in [0.15, 0.2) is 18.2 Å². The maximum atomic E-state index is 13.0. The van der Waals surface area contributed by atoms with Crippen molar-refractivity contribution in [3.63, 3.8) is 0 Å². The molecule has 1 aromatic carbocycles. The van der Waals surface area contributed by atoms with Crippen LogP contribution in [0.5, 0.6) is 11.5 Å². The number of carbonyl (C=O) groups is 2. The number of amides is 2. The van der Waals surface area contributed by atoms with Gasteiger partial charge in [-0.3, -0.25) is 4.79 Å². The van der Waals surface area contributed by atoms with Crippen LogP contribution in [0.2, 0.25) is 0 Å². The van der Waals surface area contributed by atoms with Crippen LogP contribution in [0, 0.1) is 0 Å². The normalized spacial score (nSPS) is 28.4. The van der Waals surface area contributed by atoms with Crippen molar-refractivity contribution in [2.45, 2.75) is 70.4 Å². The summed E-state index contributed by atoms with van der Waals surface area (Å²) in [5.41, 5.74) is -0.133. The van der Waals surface area contributed by atoms with Gasteiger partial charge in [0.25, 0.3) is 5.91 Å². The molecule has 4 atom stereocenters. The summed E-state index contributed by atoms with van der Waals surface area (Å²) in [7, 11) is 1.62. The fraction of sp³-hybridized carbons (Fsp3) is 0.652. The fourth-order valence-corrected chi connectivity index (χ4v) is 4.06. The lowest BCUT2D eigenvalue weighted by atomic mass is 10.1. The Morgan fingerprint density at radius 2 is 2.00 bits per heavy atom. The first kappa shape index (κ1) is 23.6. The molecule has 3 heterocycles. The molecule has 1 N–H and O–H groups in total. The van der Waals surface area contributed by atoms with E-state index in [4.69, 9.17) is 28.4 Å². The van der Waals surface area contributed by atoms with Gasteiger partial charge in [0.1, 0.15) is 54.7 Å². The molecule has 10 nitrogen and oxygen atoms in total. The Labute approximate surface area is 193 Å². The van der Waals surface area contributed by atoms with Crippen LogP contribution in [0.1, 0.15) is 34.6 Å². The molecule has 3 aliphatic heterocycles. The quantitative estimate of drug-likeness (QED) is 0.724. The Morgan fingerprint density at radius 1 is 1.24 bits per heavy atom. The van der Waals surface area contributed by atoms with Gasteiger partial charge < -0.3 is 38.6 Å². The number of nitrogens with one attached hydrogen (secondary N) is 1. The van der Waals surface area contributed by atoms with Crippen LogP contribution in [0.25, 0.3) is 0 Å². The zero-order valence-electron chi connectivity index (χ0n) is 19.9. The molecule has 0 unspecified atom stereocenters. The van der Waals surface area contributed by atoms with Crippen LogP contribution in [-0.2, 0) is 23.7 Å². The van der Waals surface area contributed by atoms with Crippen LogP contribution in [0.4, 0.5) is 10.5 Å². The van der Waals surface area contributed by atoms with Crippen LogP contribution in [0.3, 0.4) is 0 Å². The highest BCUT2D eigenvalue weighted by Gasteiger charge is 2.50. The van der Waals surface area contributed by atoms with E-state index in [1.165, 1.54) is 4.90 Å². The summed E-state index contributed by atoms with van der Waals surface area (Å²) in [6.45, 7) is 9.76. The standard InChI is InChI=1S/C23H32N2O8/c1-22(2,3)33-21(27)24-14-10-29-16-8-7-13(9-15(16)25(6)20(14)26)28-11-17-19-18(12-30-17)31-23(4,5)32-19/h7-9,14,17-19H,10-12H2,1-6H3,(H,24,27)/t14-,17-,18+,19-/m0/s1. The molecule has 0 bridgehead atoms. The first-order valence-electron chi connectivity index (χ1n) is 11.1. The maximum absolute atomic E-state index is 13.0. The van der Waals surface area contributed by atoms with Gasteiger partial charge in [0.2, 0.25) is 0 Å². The van der Waals surface area contributed by atoms with E-state index in [1.54, 1.807) is 46.0 Å². The SMILES string of the molecule is CN1C(=O)[C@@H](NC(=O)OC(C)(C)C)COc2ccc(OC[C@@H]3OC[C@H]4OC(C)(C)O[C@@H]34)cc21. The number of carbonyl (C=O) groups excluding carboxylic acids is 2. The minimum atomic E-state index is -0.881. The molecule has 4 rings (SSSR count). The van der Waals surface area contributed by atoms with Crippen molar-refractivity contribution in [3.05, 3.63) is 18.2 Å². The minimum Gasteiger partial charge on any atom is -0.491 e. The molecule has 2 amide bonds. The Balaban J connectivity index is 1.39. The third kappa shape index (κ3) is 5.34. The number of hydrogen-bond acceptors (Lipinski definition) is 8. The summed E-state index contributed by atoms with van der Waals surface area (Å²) in [5.74, 6) is 0.113. The van der Waals surface area contributed by atoms with E-state index in [0.29, 0.717) is 23.8 Å². The summed E-state index contributed by atoms with van der Waals surface area (Å²) < 4.78 is 34.6. The zero-order chi connectivity index (χ0) is 24.0. The van der Waals surface area contributed by atoms with Crippen molar-refractivity contribution < 1.29 is 38.0 Å². The smallest absolute Gasteiger partial charge is 0.408 e.